The molecule has 0 bridgehead atoms. The molecule has 0 spiro atoms. The van der Waals surface area contributed by atoms with Crippen LogP contribution in [0.25, 0.3) is 0 Å². The molecule has 0 saturated carbocycles. The number of hydrogen-bond acceptors (Lipinski definition) is 2. The largest absolute Gasteiger partial charge is 0.481 e. The van der Waals surface area contributed by atoms with Gasteiger partial charge in [-0.2, -0.15) is 0 Å². The molecule has 0 aromatic heterocycles. The lowest BCUT2D eigenvalue weighted by Gasteiger charge is -2.06. The molecule has 0 radical (unpaired) electrons. The van der Waals surface area contributed by atoms with E-state index in [2.05, 4.69) is 0 Å². The monoisotopic (exact) mass is 190 g/mol. The van der Waals surface area contributed by atoms with Crippen LogP contribution in [0.1, 0.15) is 34.8 Å². The van der Waals surface area contributed by atoms with Crippen molar-refractivity contribution in [3.63, 3.8) is 0 Å². The topological polar surface area (TPSA) is 26.3 Å². The maximum Gasteiger partial charge on any atom is 0.207 e. The molecular weight excluding hydrogens is 176 g/mol. The summed E-state index contributed by atoms with van der Waals surface area (Å²) in [4.78, 5) is 11.8. The van der Waals surface area contributed by atoms with E-state index in [4.69, 9.17) is 4.74 Å². The minimum Gasteiger partial charge on any atom is -0.481 e. The van der Waals surface area contributed by atoms with Gasteiger partial charge in [-0.1, -0.05) is 13.0 Å². The Hall–Kier alpha value is -1.31. The molecule has 14 heavy (non-hydrogen) atoms. The highest BCUT2D eigenvalue weighted by atomic mass is 16.5. The lowest BCUT2D eigenvalue weighted by Crippen LogP contribution is -2.18. The third-order valence-corrected chi connectivity index (χ3v) is 2.61. The van der Waals surface area contributed by atoms with Gasteiger partial charge in [-0.05, 0) is 37.5 Å². The highest BCUT2D eigenvalue weighted by Crippen LogP contribution is 2.33. The molecule has 1 aromatic carbocycles. The molecule has 1 heterocycles. The lowest BCUT2D eigenvalue weighted by atomic mass is 10.0. The molecule has 74 valence electrons. The summed E-state index contributed by atoms with van der Waals surface area (Å²) in [6.45, 7) is 5.95. The first-order chi connectivity index (χ1) is 6.63. The number of rotatable bonds is 1. The van der Waals surface area contributed by atoms with Crippen LogP contribution in [0.4, 0.5) is 0 Å². The van der Waals surface area contributed by atoms with Gasteiger partial charge in [-0.3, -0.25) is 4.79 Å². The zero-order valence-electron chi connectivity index (χ0n) is 8.76. The van der Waals surface area contributed by atoms with Crippen molar-refractivity contribution in [2.75, 3.05) is 0 Å². The van der Waals surface area contributed by atoms with Crippen LogP contribution in [0.2, 0.25) is 0 Å². The van der Waals surface area contributed by atoms with E-state index in [1.165, 1.54) is 0 Å². The number of ether oxygens (including phenoxy) is 1. The van der Waals surface area contributed by atoms with E-state index in [-0.39, 0.29) is 11.9 Å². The fraction of sp³-hybridized carbons (Fsp3) is 0.417. The van der Waals surface area contributed by atoms with Crippen molar-refractivity contribution in [1.82, 2.24) is 0 Å². The second-order valence-electron chi connectivity index (χ2n) is 3.84. The van der Waals surface area contributed by atoms with Gasteiger partial charge in [0.05, 0.1) is 5.56 Å². The van der Waals surface area contributed by atoms with E-state index in [9.17, 15) is 4.79 Å². The number of ketones is 1. The van der Waals surface area contributed by atoms with E-state index < -0.39 is 0 Å². The first kappa shape index (κ1) is 9.25. The Morgan fingerprint density at radius 1 is 1.36 bits per heavy atom. The average molecular weight is 190 g/mol. The van der Waals surface area contributed by atoms with Gasteiger partial charge in [0.15, 0.2) is 6.10 Å². The van der Waals surface area contributed by atoms with Crippen LogP contribution >= 0.6 is 0 Å². The second kappa shape index (κ2) is 3.12. The van der Waals surface area contributed by atoms with Crippen molar-refractivity contribution < 1.29 is 9.53 Å². The molecule has 0 amide bonds. The van der Waals surface area contributed by atoms with Crippen molar-refractivity contribution in [3.05, 3.63) is 28.8 Å². The van der Waals surface area contributed by atoms with E-state index in [0.717, 1.165) is 28.9 Å². The van der Waals surface area contributed by atoms with Crippen LogP contribution in [-0.2, 0) is 0 Å². The van der Waals surface area contributed by atoms with Gasteiger partial charge in [0.25, 0.3) is 0 Å². The molecule has 1 aliphatic rings. The molecule has 1 unspecified atom stereocenters. The summed E-state index contributed by atoms with van der Waals surface area (Å²) >= 11 is 0. The Kier molecular flexibility index (Phi) is 2.06. The summed E-state index contributed by atoms with van der Waals surface area (Å²) < 4.78 is 5.60. The third-order valence-electron chi connectivity index (χ3n) is 2.61. The Labute approximate surface area is 83.9 Å². The minimum absolute atomic E-state index is 0.134. The number of fused-ring (bicyclic) bond motifs is 1. The molecule has 0 N–H and O–H groups in total. The van der Waals surface area contributed by atoms with Crippen molar-refractivity contribution >= 4 is 5.78 Å². The maximum absolute atomic E-state index is 11.8. The van der Waals surface area contributed by atoms with E-state index in [1.807, 2.05) is 32.9 Å². The zero-order chi connectivity index (χ0) is 10.3. The first-order valence-corrected chi connectivity index (χ1v) is 4.95. The van der Waals surface area contributed by atoms with Gasteiger partial charge in [0.2, 0.25) is 5.78 Å². The highest BCUT2D eigenvalue weighted by molar-refractivity contribution is 6.05. The maximum atomic E-state index is 11.8. The molecule has 1 aliphatic heterocycles. The smallest absolute Gasteiger partial charge is 0.207 e. The Morgan fingerprint density at radius 3 is 2.71 bits per heavy atom. The fourth-order valence-electron chi connectivity index (χ4n) is 1.93. The van der Waals surface area contributed by atoms with Crippen molar-refractivity contribution in [2.45, 2.75) is 33.3 Å². The summed E-state index contributed by atoms with van der Waals surface area (Å²) in [5, 5.41) is 0. The van der Waals surface area contributed by atoms with Gasteiger partial charge < -0.3 is 4.74 Å². The van der Waals surface area contributed by atoms with Gasteiger partial charge in [0.1, 0.15) is 5.75 Å². The number of aryl methyl sites for hydroxylation is 2. The molecule has 0 aliphatic carbocycles. The van der Waals surface area contributed by atoms with Crippen LogP contribution < -0.4 is 4.74 Å². The van der Waals surface area contributed by atoms with E-state index >= 15 is 0 Å². The van der Waals surface area contributed by atoms with Gasteiger partial charge in [-0.15, -0.1) is 0 Å². The van der Waals surface area contributed by atoms with Gasteiger partial charge in [-0.25, -0.2) is 0 Å². The predicted molar refractivity (Wildman–Crippen MR) is 55.0 cm³/mol. The van der Waals surface area contributed by atoms with Crippen molar-refractivity contribution in [2.24, 2.45) is 0 Å². The summed E-state index contributed by atoms with van der Waals surface area (Å²) in [5.74, 6) is 0.918. The number of carbonyl (C=O) groups is 1. The minimum atomic E-state index is -0.259. The summed E-state index contributed by atoms with van der Waals surface area (Å²) in [6, 6.07) is 3.96. The first-order valence-electron chi connectivity index (χ1n) is 4.95. The molecule has 2 nitrogen and oxygen atoms in total. The molecule has 1 aromatic rings. The second-order valence-corrected chi connectivity index (χ2v) is 3.84. The van der Waals surface area contributed by atoms with Crippen molar-refractivity contribution in [1.29, 1.82) is 0 Å². The Balaban J connectivity index is 2.53. The normalized spacial score (nSPS) is 19.4. The van der Waals surface area contributed by atoms with Crippen LogP contribution in [-0.4, -0.2) is 11.9 Å². The zero-order valence-corrected chi connectivity index (χ0v) is 8.76. The molecule has 0 saturated heterocycles. The highest BCUT2D eigenvalue weighted by Gasteiger charge is 2.31. The Bertz CT molecular complexity index is 394. The van der Waals surface area contributed by atoms with Crippen molar-refractivity contribution in [3.8, 4) is 5.75 Å². The van der Waals surface area contributed by atoms with Gasteiger partial charge >= 0.3 is 0 Å². The molecule has 0 fully saturated rings. The van der Waals surface area contributed by atoms with E-state index in [0.29, 0.717) is 0 Å². The van der Waals surface area contributed by atoms with Crippen LogP contribution in [0.5, 0.6) is 5.75 Å². The Morgan fingerprint density at radius 2 is 2.07 bits per heavy atom. The summed E-state index contributed by atoms with van der Waals surface area (Å²) in [7, 11) is 0. The SMILES string of the molecule is CCC1Oc2c(C)cc(C)cc2C1=O. The van der Waals surface area contributed by atoms with E-state index in [1.54, 1.807) is 0 Å². The molecule has 2 rings (SSSR count). The van der Waals surface area contributed by atoms with Crippen LogP contribution in [0.15, 0.2) is 12.1 Å². The molecular formula is C12H14O2. The lowest BCUT2D eigenvalue weighted by molar-refractivity contribution is 0.0852. The quantitative estimate of drug-likeness (QED) is 0.680. The van der Waals surface area contributed by atoms with Crippen LogP contribution in [0.3, 0.4) is 0 Å². The standard InChI is InChI=1S/C12H14O2/c1-4-10-11(13)9-6-7(2)5-8(3)12(9)14-10/h5-6,10H,4H2,1-3H3. The number of benzene rings is 1. The predicted octanol–water partition coefficient (Wildman–Crippen LogP) is 2.66. The third kappa shape index (κ3) is 1.22. The van der Waals surface area contributed by atoms with Crippen LogP contribution in [0, 0.1) is 13.8 Å². The van der Waals surface area contributed by atoms with Gasteiger partial charge in [0, 0.05) is 0 Å². The fourth-order valence-corrected chi connectivity index (χ4v) is 1.93. The average Bonchev–Trinajstić information content (AvgIpc) is 2.44. The number of Topliss-reactive ketones (excluding diaryl/α,β-unsaturated/α-hetero) is 1. The summed E-state index contributed by atoms with van der Waals surface area (Å²) in [5.41, 5.74) is 2.94. The molecule has 2 heteroatoms. The number of hydrogen-bond donors (Lipinski definition) is 0. The number of carbonyl (C=O) groups excluding carboxylic acids is 1. The molecule has 1 atom stereocenters. The summed E-state index contributed by atoms with van der Waals surface area (Å²) in [6.07, 6.45) is 0.483.